The summed E-state index contributed by atoms with van der Waals surface area (Å²) in [6, 6.07) is 14.3. The van der Waals surface area contributed by atoms with Crippen molar-refractivity contribution in [2.75, 3.05) is 6.54 Å². The van der Waals surface area contributed by atoms with Gasteiger partial charge in [-0.15, -0.1) is 0 Å². The summed E-state index contributed by atoms with van der Waals surface area (Å²) >= 11 is 8.06. The number of hydrogen-bond acceptors (Lipinski definition) is 2. The van der Waals surface area contributed by atoms with Gasteiger partial charge in [-0.1, -0.05) is 41.0 Å². The molecule has 1 N–H and O–H groups in total. The molecule has 2 aromatic carbocycles. The predicted octanol–water partition coefficient (Wildman–Crippen LogP) is 4.49. The normalized spacial score (nSPS) is 13.3. The van der Waals surface area contributed by atoms with E-state index in [0.29, 0.717) is 16.1 Å². The van der Waals surface area contributed by atoms with Gasteiger partial charge in [0, 0.05) is 13.5 Å². The van der Waals surface area contributed by atoms with Gasteiger partial charge in [0.25, 0.3) is 0 Å². The van der Waals surface area contributed by atoms with Crippen molar-refractivity contribution < 1.29 is 5.11 Å². The predicted molar refractivity (Wildman–Crippen MR) is 87.6 cm³/mol. The molecule has 0 saturated carbocycles. The van der Waals surface area contributed by atoms with Crippen molar-refractivity contribution in [3.63, 3.8) is 0 Å². The highest BCUT2D eigenvalue weighted by Crippen LogP contribution is 2.31. The van der Waals surface area contributed by atoms with E-state index in [-0.39, 0.29) is 6.54 Å². The Kier molecular flexibility index (Phi) is 4.88. The lowest BCUT2D eigenvalue weighted by Gasteiger charge is -2.27. The number of hydrogen-bond donors (Lipinski definition) is 1. The second-order valence-electron chi connectivity index (χ2n) is 4.26. The van der Waals surface area contributed by atoms with Gasteiger partial charge >= 0.3 is 0 Å². The maximum atomic E-state index is 11.0. The molecular formula is C14H11ClIN3O. The Balaban J connectivity index is 2.51. The zero-order chi connectivity index (χ0) is 14.6. The van der Waals surface area contributed by atoms with Gasteiger partial charge < -0.3 is 5.11 Å². The van der Waals surface area contributed by atoms with Crippen molar-refractivity contribution in [3.8, 4) is 0 Å². The van der Waals surface area contributed by atoms with Crippen LogP contribution in [0.15, 0.2) is 53.6 Å². The Bertz CT molecular complexity index is 591. The number of aliphatic hydroxyl groups is 1. The zero-order valence-electron chi connectivity index (χ0n) is 10.4. The van der Waals surface area contributed by atoms with Crippen molar-refractivity contribution >= 4 is 34.2 Å². The molecule has 0 saturated heterocycles. The van der Waals surface area contributed by atoms with Gasteiger partial charge in [-0.25, -0.2) is 0 Å². The lowest BCUT2D eigenvalue weighted by molar-refractivity contribution is 0.0903. The fourth-order valence-corrected chi connectivity index (χ4v) is 2.42. The van der Waals surface area contributed by atoms with Crippen LogP contribution in [0.1, 0.15) is 11.1 Å². The van der Waals surface area contributed by atoms with Crippen molar-refractivity contribution in [2.45, 2.75) is 5.60 Å². The van der Waals surface area contributed by atoms with Crippen LogP contribution in [-0.4, -0.2) is 11.7 Å². The molecule has 2 aromatic rings. The van der Waals surface area contributed by atoms with Crippen molar-refractivity contribution in [1.29, 1.82) is 0 Å². The first-order chi connectivity index (χ1) is 9.56. The fourth-order valence-electron chi connectivity index (χ4n) is 1.93. The van der Waals surface area contributed by atoms with Crippen LogP contribution in [0.4, 0.5) is 0 Å². The second-order valence-corrected chi connectivity index (χ2v) is 5.95. The average Bonchev–Trinajstić information content (AvgIpc) is 2.46. The largest absolute Gasteiger partial charge is 0.380 e. The third kappa shape index (κ3) is 3.24. The highest BCUT2D eigenvalue weighted by Gasteiger charge is 2.30. The van der Waals surface area contributed by atoms with Gasteiger partial charge in [0.1, 0.15) is 5.60 Å². The number of azide groups is 1. The van der Waals surface area contributed by atoms with Crippen LogP contribution < -0.4 is 0 Å². The lowest BCUT2D eigenvalue weighted by atomic mass is 9.86. The number of halogens is 2. The van der Waals surface area contributed by atoms with E-state index in [2.05, 4.69) is 32.6 Å². The van der Waals surface area contributed by atoms with E-state index < -0.39 is 5.60 Å². The molecule has 2 rings (SSSR count). The number of benzene rings is 2. The molecule has 0 aliphatic heterocycles. The molecule has 0 heterocycles. The Morgan fingerprint density at radius 3 is 2.10 bits per heavy atom. The Hall–Kier alpha value is -1.27. The topological polar surface area (TPSA) is 69.0 Å². The molecule has 0 aliphatic rings. The zero-order valence-corrected chi connectivity index (χ0v) is 13.3. The molecule has 6 heteroatoms. The molecule has 102 valence electrons. The van der Waals surface area contributed by atoms with Gasteiger partial charge in [0.05, 0.1) is 6.54 Å². The quantitative estimate of drug-likeness (QED) is 0.350. The van der Waals surface area contributed by atoms with Gasteiger partial charge in [-0.05, 0) is 63.5 Å². The molecule has 0 bridgehead atoms. The molecule has 20 heavy (non-hydrogen) atoms. The third-order valence-corrected chi connectivity index (χ3v) is 3.98. The standard InChI is InChI=1S/C14H11ClIN3O/c15-12-5-1-10(2-6-12)14(20,9-18-19-17)11-3-7-13(16)8-4-11/h1-8,20H,9H2. The molecule has 0 spiro atoms. The van der Waals surface area contributed by atoms with Crippen LogP contribution in [0.25, 0.3) is 10.4 Å². The maximum Gasteiger partial charge on any atom is 0.120 e. The first-order valence-electron chi connectivity index (χ1n) is 5.81. The second kappa shape index (κ2) is 6.45. The summed E-state index contributed by atoms with van der Waals surface area (Å²) in [7, 11) is 0. The molecule has 0 aliphatic carbocycles. The van der Waals surface area contributed by atoms with Gasteiger partial charge in [0.2, 0.25) is 0 Å². The first kappa shape index (κ1) is 15.1. The van der Waals surface area contributed by atoms with E-state index in [1.807, 2.05) is 24.3 Å². The number of rotatable bonds is 4. The molecule has 4 nitrogen and oxygen atoms in total. The van der Waals surface area contributed by atoms with Crippen LogP contribution in [0.3, 0.4) is 0 Å². The Morgan fingerprint density at radius 2 is 1.60 bits per heavy atom. The van der Waals surface area contributed by atoms with E-state index in [9.17, 15) is 5.11 Å². The molecule has 0 radical (unpaired) electrons. The van der Waals surface area contributed by atoms with Gasteiger partial charge in [0.15, 0.2) is 0 Å². The maximum absolute atomic E-state index is 11.0. The van der Waals surface area contributed by atoms with E-state index in [1.54, 1.807) is 24.3 Å². The summed E-state index contributed by atoms with van der Waals surface area (Å²) in [6.07, 6.45) is 0. The molecular weight excluding hydrogens is 389 g/mol. The van der Waals surface area contributed by atoms with E-state index in [4.69, 9.17) is 17.1 Å². The average molecular weight is 400 g/mol. The molecule has 0 amide bonds. The SMILES string of the molecule is [N-]=[N+]=NCC(O)(c1ccc(Cl)cc1)c1ccc(I)cc1. The molecule has 0 fully saturated rings. The highest BCUT2D eigenvalue weighted by molar-refractivity contribution is 14.1. The van der Waals surface area contributed by atoms with Crippen molar-refractivity contribution in [1.82, 2.24) is 0 Å². The van der Waals surface area contributed by atoms with Gasteiger partial charge in [-0.3, -0.25) is 0 Å². The third-order valence-electron chi connectivity index (χ3n) is 3.01. The summed E-state index contributed by atoms with van der Waals surface area (Å²) in [5, 5.41) is 15.1. The van der Waals surface area contributed by atoms with E-state index >= 15 is 0 Å². The summed E-state index contributed by atoms with van der Waals surface area (Å²) in [4.78, 5) is 2.74. The van der Waals surface area contributed by atoms with Crippen LogP contribution in [-0.2, 0) is 5.60 Å². The van der Waals surface area contributed by atoms with Crippen molar-refractivity contribution in [3.05, 3.63) is 78.7 Å². The van der Waals surface area contributed by atoms with Crippen LogP contribution in [0.2, 0.25) is 5.02 Å². The highest BCUT2D eigenvalue weighted by atomic mass is 127. The van der Waals surface area contributed by atoms with Gasteiger partial charge in [-0.2, -0.15) is 0 Å². The number of nitrogens with zero attached hydrogens (tertiary/aromatic N) is 3. The summed E-state index contributed by atoms with van der Waals surface area (Å²) in [5.41, 5.74) is 8.49. The Morgan fingerprint density at radius 1 is 1.10 bits per heavy atom. The Labute approximate surface area is 135 Å². The minimum Gasteiger partial charge on any atom is -0.380 e. The summed E-state index contributed by atoms with van der Waals surface area (Å²) in [6.45, 7) is -0.0777. The van der Waals surface area contributed by atoms with E-state index in [0.717, 1.165) is 3.57 Å². The molecule has 0 aromatic heterocycles. The summed E-state index contributed by atoms with van der Waals surface area (Å²) < 4.78 is 1.06. The fraction of sp³-hybridized carbons (Fsp3) is 0.143. The van der Waals surface area contributed by atoms with Crippen LogP contribution in [0, 0.1) is 3.57 Å². The van der Waals surface area contributed by atoms with Crippen LogP contribution >= 0.6 is 34.2 Å². The van der Waals surface area contributed by atoms with E-state index in [1.165, 1.54) is 0 Å². The summed E-state index contributed by atoms with van der Waals surface area (Å²) in [5.74, 6) is 0. The molecule has 1 unspecified atom stereocenters. The van der Waals surface area contributed by atoms with Crippen LogP contribution in [0.5, 0.6) is 0 Å². The van der Waals surface area contributed by atoms with Crippen molar-refractivity contribution in [2.24, 2.45) is 5.11 Å². The molecule has 1 atom stereocenters. The minimum absolute atomic E-state index is 0.0777. The monoisotopic (exact) mass is 399 g/mol. The smallest absolute Gasteiger partial charge is 0.120 e. The first-order valence-corrected chi connectivity index (χ1v) is 7.27. The lowest BCUT2D eigenvalue weighted by Crippen LogP contribution is -2.30. The minimum atomic E-state index is -1.36.